The normalized spacial score (nSPS) is 12.2. The van der Waals surface area contributed by atoms with Crippen LogP contribution in [0.2, 0.25) is 0 Å². The van der Waals surface area contributed by atoms with Gasteiger partial charge in [0.15, 0.2) is 0 Å². The molecule has 0 nitrogen and oxygen atoms in total. The molecule has 17 rings (SSSR count). The van der Waals surface area contributed by atoms with Gasteiger partial charge in [-0.3, -0.25) is 0 Å². The summed E-state index contributed by atoms with van der Waals surface area (Å²) in [4.78, 5) is 0. The van der Waals surface area contributed by atoms with Gasteiger partial charge in [-0.15, -0.1) is 11.3 Å². The van der Waals surface area contributed by atoms with Crippen LogP contribution in [-0.4, -0.2) is 0 Å². The minimum Gasteiger partial charge on any atom is -0.135 e. The Morgan fingerprint density at radius 2 is 0.455 bits per heavy atom. The highest BCUT2D eigenvalue weighted by Gasteiger charge is 2.18. The van der Waals surface area contributed by atoms with Crippen LogP contribution in [-0.2, 0) is 0 Å². The Balaban J connectivity index is 0.688. The Bertz CT molecular complexity index is 4920. The third kappa shape index (κ3) is 6.58. The maximum Gasteiger partial charge on any atom is 0.0355 e. The Hall–Kier alpha value is -9.66. The van der Waals surface area contributed by atoms with E-state index in [1.807, 2.05) is 11.3 Å². The van der Waals surface area contributed by atoms with Crippen LogP contribution in [0.25, 0.3) is 173 Å². The molecule has 0 saturated heterocycles. The fraction of sp³-hybridized carbons (Fsp3) is 0. The van der Waals surface area contributed by atoms with Gasteiger partial charge in [-0.05, 0) is 189 Å². The van der Waals surface area contributed by atoms with Crippen LogP contribution in [0.1, 0.15) is 0 Å². The summed E-state index contributed by atoms with van der Waals surface area (Å²) in [6.45, 7) is 0. The van der Waals surface area contributed by atoms with Gasteiger partial charge in [0.1, 0.15) is 0 Å². The van der Waals surface area contributed by atoms with Gasteiger partial charge in [0.25, 0.3) is 0 Å². The molecule has 16 aromatic carbocycles. The van der Waals surface area contributed by atoms with E-state index in [0.29, 0.717) is 0 Å². The van der Waals surface area contributed by atoms with E-state index >= 15 is 0 Å². The first-order valence-corrected chi connectivity index (χ1v) is 27.5. The van der Waals surface area contributed by atoms with Crippen LogP contribution >= 0.6 is 11.3 Å². The van der Waals surface area contributed by atoms with Gasteiger partial charge in [-0.25, -0.2) is 0 Å². The zero-order valence-corrected chi connectivity index (χ0v) is 42.6. The fourth-order valence-corrected chi connectivity index (χ4v) is 14.2. The monoisotopic (exact) mass is 988 g/mol. The third-order valence-corrected chi connectivity index (χ3v) is 18.1. The maximum atomic E-state index is 2.40. The molecule has 0 atom stereocenters. The lowest BCUT2D eigenvalue weighted by Crippen LogP contribution is -1.90. The van der Waals surface area contributed by atoms with Crippen molar-refractivity contribution in [1.29, 1.82) is 0 Å². The Morgan fingerprint density at radius 1 is 0.169 bits per heavy atom. The first-order valence-electron chi connectivity index (χ1n) is 26.7. The lowest BCUT2D eigenvalue weighted by atomic mass is 9.87. The fourth-order valence-electron chi connectivity index (χ4n) is 13.1. The largest absolute Gasteiger partial charge is 0.135 e. The summed E-state index contributed by atoms with van der Waals surface area (Å²) >= 11 is 1.88. The summed E-state index contributed by atoms with van der Waals surface area (Å²) in [6, 6.07) is 100. The molecule has 0 amide bonds. The minimum atomic E-state index is 1.22. The molecule has 1 aromatic heterocycles. The third-order valence-electron chi connectivity index (χ3n) is 17.0. The Morgan fingerprint density at radius 3 is 0.831 bits per heavy atom. The number of thiophene rings is 1. The van der Waals surface area contributed by atoms with Crippen LogP contribution in [0.5, 0.6) is 0 Å². The van der Waals surface area contributed by atoms with E-state index < -0.39 is 0 Å². The van der Waals surface area contributed by atoms with Gasteiger partial charge >= 0.3 is 0 Å². The molecular formula is C76H44S. The van der Waals surface area contributed by atoms with E-state index in [4.69, 9.17) is 0 Å². The summed E-state index contributed by atoms with van der Waals surface area (Å²) in [6.07, 6.45) is 0. The van der Waals surface area contributed by atoms with E-state index in [9.17, 15) is 0 Å². The zero-order chi connectivity index (χ0) is 50.3. The topological polar surface area (TPSA) is 0 Å². The van der Waals surface area contributed by atoms with E-state index in [0.717, 1.165) is 0 Å². The lowest BCUT2D eigenvalue weighted by molar-refractivity contribution is 1.63. The highest BCUT2D eigenvalue weighted by Crippen LogP contribution is 2.46. The van der Waals surface area contributed by atoms with Crippen molar-refractivity contribution in [2.24, 2.45) is 0 Å². The summed E-state index contributed by atoms with van der Waals surface area (Å²) in [5.41, 5.74) is 14.9. The highest BCUT2D eigenvalue weighted by atomic mass is 32.1. The zero-order valence-electron chi connectivity index (χ0n) is 41.8. The molecule has 0 aliphatic rings. The second-order valence-electron chi connectivity index (χ2n) is 21.1. The molecule has 0 fully saturated rings. The second kappa shape index (κ2) is 16.4. The van der Waals surface area contributed by atoms with Crippen molar-refractivity contribution in [3.05, 3.63) is 267 Å². The summed E-state index contributed by atoms with van der Waals surface area (Å²) in [5, 5.41) is 23.3. The summed E-state index contributed by atoms with van der Waals surface area (Å²) < 4.78 is 2.62. The van der Waals surface area contributed by atoms with Crippen molar-refractivity contribution in [3.63, 3.8) is 0 Å². The van der Waals surface area contributed by atoms with Crippen molar-refractivity contribution in [2.75, 3.05) is 0 Å². The SMILES string of the molecule is c1ccc2cc(-c3ccc4ccc5c(-c6ccc(-c7ccc8sc9ccc(-c%10ccc(-c%11ccc%12ccc%13c(-c%14ccc%15ccccc%15c%14)ccc%14ccc%11c%12c%14%13)cc%10)cc9c8c7)cc6)ccc6ccc3c4c65)ccc2c1. The molecule has 0 N–H and O–H groups in total. The number of hydrogen-bond donors (Lipinski definition) is 0. The quantitative estimate of drug-likeness (QED) is 0.146. The number of benzene rings is 16. The van der Waals surface area contributed by atoms with Crippen molar-refractivity contribution in [3.8, 4) is 66.8 Å². The van der Waals surface area contributed by atoms with E-state index in [2.05, 4.69) is 267 Å². The molecular weight excluding hydrogens is 945 g/mol. The van der Waals surface area contributed by atoms with Gasteiger partial charge in [-0.2, -0.15) is 0 Å². The first kappa shape index (κ1) is 42.7. The molecule has 0 aliphatic heterocycles. The molecule has 77 heavy (non-hydrogen) atoms. The second-order valence-corrected chi connectivity index (χ2v) is 22.2. The number of hydrogen-bond acceptors (Lipinski definition) is 1. The van der Waals surface area contributed by atoms with Crippen molar-refractivity contribution in [1.82, 2.24) is 0 Å². The van der Waals surface area contributed by atoms with Gasteiger partial charge in [0.2, 0.25) is 0 Å². The van der Waals surface area contributed by atoms with Gasteiger partial charge in [0.05, 0.1) is 0 Å². The van der Waals surface area contributed by atoms with Crippen LogP contribution in [0.15, 0.2) is 267 Å². The van der Waals surface area contributed by atoms with E-state index in [1.165, 1.54) is 173 Å². The van der Waals surface area contributed by atoms with Gasteiger partial charge < -0.3 is 0 Å². The van der Waals surface area contributed by atoms with Crippen LogP contribution in [0.3, 0.4) is 0 Å². The minimum absolute atomic E-state index is 1.22. The first-order chi connectivity index (χ1) is 38.1. The van der Waals surface area contributed by atoms with Crippen LogP contribution in [0.4, 0.5) is 0 Å². The molecule has 0 bridgehead atoms. The molecule has 0 saturated carbocycles. The van der Waals surface area contributed by atoms with E-state index in [1.54, 1.807) is 0 Å². The smallest absolute Gasteiger partial charge is 0.0355 e. The molecule has 1 heteroatoms. The van der Waals surface area contributed by atoms with Crippen molar-refractivity contribution in [2.45, 2.75) is 0 Å². The molecule has 0 unspecified atom stereocenters. The Kier molecular flexibility index (Phi) is 9.10. The molecule has 1 heterocycles. The molecule has 17 aromatic rings. The van der Waals surface area contributed by atoms with Gasteiger partial charge in [0, 0.05) is 20.2 Å². The molecule has 0 radical (unpaired) electrons. The standard InChI is InChI=1S/C76H44S/c1-3-7-55-41-59(19-13-45(55)5-1)63-33-23-53-25-35-65-61(31-21-51-27-37-67(63)75(53)73(51)65)49-15-9-47(10-16-49)57-29-39-71-69(43-57)70-44-58(30-40-72(70)77-71)48-11-17-50(18-12-48)62-32-22-52-28-38-68-64(34-24-54-26-36-66(62)74(52)76(54)68)60-20-14-46-6-2-4-8-56(46)42-60/h1-44H. The molecule has 0 aliphatic carbocycles. The summed E-state index contributed by atoms with van der Waals surface area (Å²) in [5.74, 6) is 0. The maximum absolute atomic E-state index is 2.40. The Labute approximate surface area is 448 Å². The summed E-state index contributed by atoms with van der Waals surface area (Å²) in [7, 11) is 0. The lowest BCUT2D eigenvalue weighted by Gasteiger charge is -2.17. The van der Waals surface area contributed by atoms with Crippen LogP contribution in [0, 0.1) is 0 Å². The number of rotatable bonds is 6. The average Bonchev–Trinajstić information content (AvgIpc) is 3.88. The van der Waals surface area contributed by atoms with Crippen molar-refractivity contribution < 1.29 is 0 Å². The number of fused-ring (bicyclic) bond motifs is 5. The molecule has 354 valence electrons. The molecule has 0 spiro atoms. The van der Waals surface area contributed by atoms with Gasteiger partial charge in [-0.1, -0.05) is 231 Å². The average molecular weight is 989 g/mol. The van der Waals surface area contributed by atoms with E-state index in [-0.39, 0.29) is 0 Å². The predicted molar refractivity (Wildman–Crippen MR) is 334 cm³/mol. The predicted octanol–water partition coefficient (Wildman–Crippen LogP) is 22.2. The highest BCUT2D eigenvalue weighted by molar-refractivity contribution is 7.25. The van der Waals surface area contributed by atoms with Crippen LogP contribution < -0.4 is 0 Å². The van der Waals surface area contributed by atoms with Crippen molar-refractivity contribution >= 4 is 118 Å².